The Hall–Kier alpha value is -1.51. The molecular weight excluding hydrogens is 272 g/mol. The number of nitrogens with two attached hydrogens (primary N) is 1. The summed E-state index contributed by atoms with van der Waals surface area (Å²) >= 11 is 0. The van der Waals surface area contributed by atoms with E-state index >= 15 is 0 Å². The van der Waals surface area contributed by atoms with E-state index in [2.05, 4.69) is 4.90 Å². The van der Waals surface area contributed by atoms with Gasteiger partial charge < -0.3 is 10.6 Å². The average molecular weight is 298 g/mol. The predicted octanol–water partition coefficient (Wildman–Crippen LogP) is 3.09. The summed E-state index contributed by atoms with van der Waals surface area (Å²) < 4.78 is 0. The van der Waals surface area contributed by atoms with Gasteiger partial charge in [-0.15, -0.1) is 0 Å². The summed E-state index contributed by atoms with van der Waals surface area (Å²) in [5, 5.41) is 0. The van der Waals surface area contributed by atoms with Gasteiger partial charge in [0.15, 0.2) is 0 Å². The molecule has 0 saturated heterocycles. The molecular formula is C19H26N2O. The minimum absolute atomic E-state index is 0.253. The molecule has 4 saturated carbocycles. The van der Waals surface area contributed by atoms with Gasteiger partial charge in [0.25, 0.3) is 0 Å². The molecule has 4 bridgehead atoms. The fraction of sp³-hybridized carbons (Fsp3) is 0.632. The second kappa shape index (κ2) is 5.29. The van der Waals surface area contributed by atoms with Crippen LogP contribution in [0.3, 0.4) is 0 Å². The van der Waals surface area contributed by atoms with Crippen molar-refractivity contribution in [1.82, 2.24) is 4.90 Å². The summed E-state index contributed by atoms with van der Waals surface area (Å²) in [5.41, 5.74) is 7.59. The Morgan fingerprint density at radius 3 is 2.36 bits per heavy atom. The molecule has 0 unspecified atom stereocenters. The number of carbonyl (C=O) groups is 1. The van der Waals surface area contributed by atoms with Crippen LogP contribution in [-0.4, -0.2) is 23.9 Å². The first kappa shape index (κ1) is 14.1. The van der Waals surface area contributed by atoms with Crippen LogP contribution in [0.25, 0.3) is 0 Å². The second-order valence-corrected chi connectivity index (χ2v) is 7.85. The van der Waals surface area contributed by atoms with Crippen LogP contribution in [-0.2, 0) is 11.2 Å². The summed E-state index contributed by atoms with van der Waals surface area (Å²) in [6, 6.07) is 8.21. The van der Waals surface area contributed by atoms with Crippen molar-refractivity contribution in [3.05, 3.63) is 29.8 Å². The van der Waals surface area contributed by atoms with Gasteiger partial charge in [-0.3, -0.25) is 4.79 Å². The number of hydrogen-bond acceptors (Lipinski definition) is 2. The van der Waals surface area contributed by atoms with Crippen LogP contribution >= 0.6 is 0 Å². The van der Waals surface area contributed by atoms with E-state index in [0.29, 0.717) is 12.5 Å². The van der Waals surface area contributed by atoms with Gasteiger partial charge in [-0.1, -0.05) is 12.1 Å². The standard InChI is InChI=1S/C19H26N2O/c1-21(18(22)11-12-3-2-4-17(20)10-12)19-15-6-13-5-14(8-15)9-16(19)7-13/h2-4,10,13-16,19H,5-9,11,20H2,1H3. The largest absolute Gasteiger partial charge is 0.399 e. The molecule has 4 fully saturated rings. The molecule has 3 nitrogen and oxygen atoms in total. The lowest BCUT2D eigenvalue weighted by Gasteiger charge is -2.56. The molecule has 118 valence electrons. The number of nitrogen functional groups attached to an aromatic ring is 1. The maximum absolute atomic E-state index is 12.7. The summed E-state index contributed by atoms with van der Waals surface area (Å²) in [6.45, 7) is 0. The lowest BCUT2D eigenvalue weighted by Crippen LogP contribution is -2.56. The third kappa shape index (κ3) is 2.41. The first-order valence-electron chi connectivity index (χ1n) is 8.70. The highest BCUT2D eigenvalue weighted by Crippen LogP contribution is 2.54. The number of likely N-dealkylation sites (N-methyl/N-ethyl adjacent to an activating group) is 1. The third-order valence-corrected chi connectivity index (χ3v) is 6.32. The van der Waals surface area contributed by atoms with Gasteiger partial charge in [0.1, 0.15) is 0 Å². The highest BCUT2D eigenvalue weighted by molar-refractivity contribution is 5.79. The molecule has 0 atom stereocenters. The Morgan fingerprint density at radius 2 is 1.77 bits per heavy atom. The lowest BCUT2D eigenvalue weighted by molar-refractivity contribution is -0.140. The van der Waals surface area contributed by atoms with Gasteiger partial charge in [0, 0.05) is 18.8 Å². The fourth-order valence-electron chi connectivity index (χ4n) is 5.70. The summed E-state index contributed by atoms with van der Waals surface area (Å²) in [7, 11) is 2.03. The predicted molar refractivity (Wildman–Crippen MR) is 88.2 cm³/mol. The van der Waals surface area contributed by atoms with Crippen LogP contribution in [0.5, 0.6) is 0 Å². The zero-order chi connectivity index (χ0) is 15.3. The molecule has 0 radical (unpaired) electrons. The quantitative estimate of drug-likeness (QED) is 0.872. The van der Waals surface area contributed by atoms with E-state index in [1.165, 1.54) is 32.1 Å². The van der Waals surface area contributed by atoms with Crippen molar-refractivity contribution >= 4 is 11.6 Å². The molecule has 5 rings (SSSR count). The number of hydrogen-bond donors (Lipinski definition) is 1. The van der Waals surface area contributed by atoms with Crippen LogP contribution in [0.1, 0.15) is 37.7 Å². The van der Waals surface area contributed by atoms with Gasteiger partial charge in [0.05, 0.1) is 6.42 Å². The number of anilines is 1. The van der Waals surface area contributed by atoms with E-state index in [-0.39, 0.29) is 5.91 Å². The van der Waals surface area contributed by atoms with E-state index in [1.807, 2.05) is 31.3 Å². The molecule has 1 aromatic carbocycles. The smallest absolute Gasteiger partial charge is 0.227 e. The van der Waals surface area contributed by atoms with Gasteiger partial charge in [-0.25, -0.2) is 0 Å². The summed E-state index contributed by atoms with van der Waals surface area (Å²) in [4.78, 5) is 14.8. The van der Waals surface area contributed by atoms with Crippen LogP contribution < -0.4 is 5.73 Å². The zero-order valence-corrected chi connectivity index (χ0v) is 13.4. The first-order valence-corrected chi connectivity index (χ1v) is 8.70. The minimum atomic E-state index is 0.253. The van der Waals surface area contributed by atoms with Crippen LogP contribution in [0, 0.1) is 23.7 Å². The van der Waals surface area contributed by atoms with E-state index in [4.69, 9.17) is 5.73 Å². The normalized spacial score (nSPS) is 35.6. The molecule has 1 aromatic rings. The van der Waals surface area contributed by atoms with Crippen LogP contribution in [0.2, 0.25) is 0 Å². The van der Waals surface area contributed by atoms with Gasteiger partial charge in [-0.05, 0) is 73.5 Å². The molecule has 2 N–H and O–H groups in total. The zero-order valence-electron chi connectivity index (χ0n) is 13.4. The van der Waals surface area contributed by atoms with Crippen molar-refractivity contribution in [2.24, 2.45) is 23.7 Å². The van der Waals surface area contributed by atoms with Crippen molar-refractivity contribution < 1.29 is 4.79 Å². The summed E-state index contributed by atoms with van der Waals surface area (Å²) in [6.07, 6.45) is 7.35. The van der Waals surface area contributed by atoms with E-state index in [9.17, 15) is 4.79 Å². The van der Waals surface area contributed by atoms with E-state index < -0.39 is 0 Å². The topological polar surface area (TPSA) is 46.3 Å². The molecule has 0 spiro atoms. The van der Waals surface area contributed by atoms with Gasteiger partial charge in [-0.2, -0.15) is 0 Å². The van der Waals surface area contributed by atoms with E-state index in [0.717, 1.165) is 34.9 Å². The molecule has 4 aliphatic carbocycles. The molecule has 0 aromatic heterocycles. The number of benzene rings is 1. The minimum Gasteiger partial charge on any atom is -0.399 e. The number of nitrogens with zero attached hydrogens (tertiary/aromatic N) is 1. The fourth-order valence-corrected chi connectivity index (χ4v) is 5.70. The molecule has 3 heteroatoms. The van der Waals surface area contributed by atoms with Crippen molar-refractivity contribution in [2.75, 3.05) is 12.8 Å². The Morgan fingerprint density at radius 1 is 1.14 bits per heavy atom. The van der Waals surface area contributed by atoms with Crippen molar-refractivity contribution in [3.8, 4) is 0 Å². The Bertz CT molecular complexity index is 555. The third-order valence-electron chi connectivity index (χ3n) is 6.32. The number of carbonyl (C=O) groups excluding carboxylic acids is 1. The summed E-state index contributed by atoms with van der Waals surface area (Å²) in [5.74, 6) is 3.67. The highest BCUT2D eigenvalue weighted by atomic mass is 16.2. The molecule has 1 amide bonds. The Labute approximate surface area is 132 Å². The first-order chi connectivity index (χ1) is 10.6. The molecule has 0 heterocycles. The van der Waals surface area contributed by atoms with Crippen LogP contribution in [0.4, 0.5) is 5.69 Å². The van der Waals surface area contributed by atoms with Crippen molar-refractivity contribution in [2.45, 2.75) is 44.6 Å². The maximum atomic E-state index is 12.7. The molecule has 4 aliphatic rings. The lowest BCUT2D eigenvalue weighted by atomic mass is 9.54. The molecule has 22 heavy (non-hydrogen) atoms. The van der Waals surface area contributed by atoms with Crippen molar-refractivity contribution in [3.63, 3.8) is 0 Å². The Kier molecular flexibility index (Phi) is 3.39. The average Bonchev–Trinajstić information content (AvgIpc) is 2.45. The number of amides is 1. The maximum Gasteiger partial charge on any atom is 0.227 e. The van der Waals surface area contributed by atoms with Gasteiger partial charge >= 0.3 is 0 Å². The SMILES string of the molecule is CN(C(=O)Cc1cccc(N)c1)C1C2CC3CC(C2)CC1C3. The molecule has 0 aliphatic heterocycles. The van der Waals surface area contributed by atoms with E-state index in [1.54, 1.807) is 0 Å². The number of rotatable bonds is 3. The van der Waals surface area contributed by atoms with Gasteiger partial charge in [0.2, 0.25) is 5.91 Å². The monoisotopic (exact) mass is 298 g/mol. The Balaban J connectivity index is 1.47. The second-order valence-electron chi connectivity index (χ2n) is 7.85. The van der Waals surface area contributed by atoms with Crippen LogP contribution in [0.15, 0.2) is 24.3 Å². The van der Waals surface area contributed by atoms with Crippen molar-refractivity contribution in [1.29, 1.82) is 0 Å². The highest BCUT2D eigenvalue weighted by Gasteiger charge is 2.50.